The minimum atomic E-state index is -0.418. The summed E-state index contributed by atoms with van der Waals surface area (Å²) in [4.78, 5) is 3.86. The minimum Gasteiger partial charge on any atom is -0.367 e. The van der Waals surface area contributed by atoms with E-state index in [-0.39, 0.29) is 0 Å². The van der Waals surface area contributed by atoms with E-state index in [9.17, 15) is 4.39 Å². The van der Waals surface area contributed by atoms with Crippen molar-refractivity contribution in [1.82, 2.24) is 4.98 Å². The zero-order valence-electron chi connectivity index (χ0n) is 10.8. The summed E-state index contributed by atoms with van der Waals surface area (Å²) in [6.07, 6.45) is 3.55. The van der Waals surface area contributed by atoms with E-state index < -0.39 is 5.95 Å². The SMILES string of the molecule is CC1CC(C)(C)CCC1Nc1cccc(F)n1. The molecule has 0 bridgehead atoms. The van der Waals surface area contributed by atoms with Crippen LogP contribution in [-0.2, 0) is 0 Å². The summed E-state index contributed by atoms with van der Waals surface area (Å²) in [5, 5.41) is 3.36. The van der Waals surface area contributed by atoms with Crippen LogP contribution in [0.25, 0.3) is 0 Å². The summed E-state index contributed by atoms with van der Waals surface area (Å²) in [7, 11) is 0. The molecule has 2 atom stereocenters. The molecule has 17 heavy (non-hydrogen) atoms. The lowest BCUT2D eigenvalue weighted by Gasteiger charge is -2.39. The minimum absolute atomic E-state index is 0.414. The van der Waals surface area contributed by atoms with Crippen LogP contribution in [0, 0.1) is 17.3 Å². The number of nitrogens with zero attached hydrogens (tertiary/aromatic N) is 1. The molecular formula is C14H21FN2. The van der Waals surface area contributed by atoms with Gasteiger partial charge in [-0.25, -0.2) is 4.98 Å². The van der Waals surface area contributed by atoms with Crippen molar-refractivity contribution in [1.29, 1.82) is 0 Å². The maximum Gasteiger partial charge on any atom is 0.214 e. The monoisotopic (exact) mass is 236 g/mol. The van der Waals surface area contributed by atoms with Crippen LogP contribution in [0.15, 0.2) is 18.2 Å². The molecule has 1 saturated carbocycles. The molecule has 1 N–H and O–H groups in total. The van der Waals surface area contributed by atoms with Gasteiger partial charge in [0, 0.05) is 6.04 Å². The summed E-state index contributed by atoms with van der Waals surface area (Å²) in [5.41, 5.74) is 0.437. The molecule has 2 nitrogen and oxygen atoms in total. The van der Waals surface area contributed by atoms with Crippen molar-refractivity contribution < 1.29 is 4.39 Å². The normalized spacial score (nSPS) is 27.8. The van der Waals surface area contributed by atoms with E-state index in [0.717, 1.165) is 6.42 Å². The molecule has 2 rings (SSSR count). The molecule has 1 aliphatic rings. The first-order chi connectivity index (χ1) is 7.96. The van der Waals surface area contributed by atoms with E-state index in [4.69, 9.17) is 0 Å². The molecule has 1 aromatic heterocycles. The van der Waals surface area contributed by atoms with Crippen LogP contribution in [0.3, 0.4) is 0 Å². The summed E-state index contributed by atoms with van der Waals surface area (Å²) >= 11 is 0. The largest absolute Gasteiger partial charge is 0.367 e. The quantitative estimate of drug-likeness (QED) is 0.789. The van der Waals surface area contributed by atoms with Crippen molar-refractivity contribution in [3.63, 3.8) is 0 Å². The molecule has 2 unspecified atom stereocenters. The maximum atomic E-state index is 13.0. The average Bonchev–Trinajstić information content (AvgIpc) is 2.22. The van der Waals surface area contributed by atoms with Crippen LogP contribution in [0.5, 0.6) is 0 Å². The van der Waals surface area contributed by atoms with Crippen molar-refractivity contribution in [2.75, 3.05) is 5.32 Å². The zero-order chi connectivity index (χ0) is 12.5. The van der Waals surface area contributed by atoms with Crippen molar-refractivity contribution in [3.05, 3.63) is 24.1 Å². The Hall–Kier alpha value is -1.12. The lowest BCUT2D eigenvalue weighted by atomic mass is 9.70. The first kappa shape index (κ1) is 12.3. The van der Waals surface area contributed by atoms with Crippen LogP contribution in [0.1, 0.15) is 40.0 Å². The number of pyridine rings is 1. The maximum absolute atomic E-state index is 13.0. The van der Waals surface area contributed by atoms with Gasteiger partial charge in [0.15, 0.2) is 0 Å². The van der Waals surface area contributed by atoms with E-state index in [1.165, 1.54) is 18.9 Å². The van der Waals surface area contributed by atoms with Crippen LogP contribution in [0.2, 0.25) is 0 Å². The van der Waals surface area contributed by atoms with Gasteiger partial charge in [0.1, 0.15) is 5.82 Å². The van der Waals surface area contributed by atoms with Crippen LogP contribution >= 0.6 is 0 Å². The van der Waals surface area contributed by atoms with E-state index in [1.54, 1.807) is 6.07 Å². The highest BCUT2D eigenvalue weighted by Crippen LogP contribution is 2.39. The average molecular weight is 236 g/mol. The summed E-state index contributed by atoms with van der Waals surface area (Å²) in [6.45, 7) is 6.90. The molecule has 1 aromatic rings. The number of hydrogen-bond acceptors (Lipinski definition) is 2. The van der Waals surface area contributed by atoms with Gasteiger partial charge in [0.05, 0.1) is 0 Å². The molecule has 1 heterocycles. The third-order valence-corrected chi connectivity index (χ3v) is 3.74. The van der Waals surface area contributed by atoms with Crippen molar-refractivity contribution >= 4 is 5.82 Å². The third-order valence-electron chi connectivity index (χ3n) is 3.74. The molecule has 0 radical (unpaired) electrons. The number of rotatable bonds is 2. The summed E-state index contributed by atoms with van der Waals surface area (Å²) in [5.74, 6) is 0.837. The van der Waals surface area contributed by atoms with Crippen LogP contribution in [-0.4, -0.2) is 11.0 Å². The lowest BCUT2D eigenvalue weighted by molar-refractivity contribution is 0.177. The first-order valence-corrected chi connectivity index (χ1v) is 6.35. The highest BCUT2D eigenvalue weighted by atomic mass is 19.1. The van der Waals surface area contributed by atoms with E-state index in [0.29, 0.717) is 23.2 Å². The number of aromatic nitrogens is 1. The summed E-state index contributed by atoms with van der Waals surface area (Å²) in [6, 6.07) is 5.31. The number of halogens is 1. The van der Waals surface area contributed by atoms with Gasteiger partial charge in [-0.1, -0.05) is 26.8 Å². The molecule has 0 amide bonds. The first-order valence-electron chi connectivity index (χ1n) is 6.35. The van der Waals surface area contributed by atoms with Crippen molar-refractivity contribution in [2.24, 2.45) is 11.3 Å². The Morgan fingerprint density at radius 3 is 2.82 bits per heavy atom. The smallest absolute Gasteiger partial charge is 0.214 e. The molecule has 0 saturated heterocycles. The second-order valence-electron chi connectivity index (χ2n) is 5.98. The zero-order valence-corrected chi connectivity index (χ0v) is 10.8. The topological polar surface area (TPSA) is 24.9 Å². The van der Waals surface area contributed by atoms with Gasteiger partial charge in [-0.05, 0) is 42.7 Å². The molecule has 3 heteroatoms. The Labute approximate surface area is 103 Å². The molecule has 94 valence electrons. The molecule has 0 aromatic carbocycles. The third kappa shape index (κ3) is 3.18. The number of anilines is 1. The molecule has 1 aliphatic carbocycles. The van der Waals surface area contributed by atoms with Gasteiger partial charge in [-0.2, -0.15) is 4.39 Å². The Bertz CT molecular complexity index is 390. The fraction of sp³-hybridized carbons (Fsp3) is 0.643. The molecule has 0 aliphatic heterocycles. The highest BCUT2D eigenvalue weighted by molar-refractivity contribution is 5.35. The predicted octanol–water partition coefficient (Wildman–Crippen LogP) is 3.85. The highest BCUT2D eigenvalue weighted by Gasteiger charge is 2.32. The fourth-order valence-electron chi connectivity index (χ4n) is 2.84. The van der Waals surface area contributed by atoms with Gasteiger partial charge in [0.25, 0.3) is 0 Å². The van der Waals surface area contributed by atoms with E-state index in [2.05, 4.69) is 31.1 Å². The van der Waals surface area contributed by atoms with Gasteiger partial charge >= 0.3 is 0 Å². The predicted molar refractivity (Wildman–Crippen MR) is 68.4 cm³/mol. The van der Waals surface area contributed by atoms with Crippen molar-refractivity contribution in [2.45, 2.75) is 46.1 Å². The molecular weight excluding hydrogens is 215 g/mol. The van der Waals surface area contributed by atoms with Gasteiger partial charge in [-0.15, -0.1) is 0 Å². The lowest BCUT2D eigenvalue weighted by Crippen LogP contribution is -2.37. The van der Waals surface area contributed by atoms with Crippen LogP contribution < -0.4 is 5.32 Å². The molecule has 1 fully saturated rings. The summed E-state index contributed by atoms with van der Waals surface area (Å²) < 4.78 is 13.0. The van der Waals surface area contributed by atoms with Crippen LogP contribution in [0.4, 0.5) is 10.2 Å². The van der Waals surface area contributed by atoms with Crippen molar-refractivity contribution in [3.8, 4) is 0 Å². The van der Waals surface area contributed by atoms with E-state index in [1.807, 2.05) is 6.07 Å². The Morgan fingerprint density at radius 1 is 1.41 bits per heavy atom. The Morgan fingerprint density at radius 2 is 2.18 bits per heavy atom. The second-order valence-corrected chi connectivity index (χ2v) is 5.98. The second kappa shape index (κ2) is 4.63. The van der Waals surface area contributed by atoms with Gasteiger partial charge in [-0.3, -0.25) is 0 Å². The number of nitrogens with one attached hydrogen (secondary N) is 1. The van der Waals surface area contributed by atoms with E-state index >= 15 is 0 Å². The standard InChI is InChI=1S/C14H21FN2/c1-10-9-14(2,3)8-7-11(10)16-13-6-4-5-12(15)17-13/h4-6,10-11H,7-9H2,1-3H3,(H,16,17). The number of hydrogen-bond donors (Lipinski definition) is 1. The Balaban J connectivity index is 2.00. The van der Waals surface area contributed by atoms with Gasteiger partial charge in [0.2, 0.25) is 5.95 Å². The Kier molecular flexibility index (Phi) is 3.36. The van der Waals surface area contributed by atoms with Gasteiger partial charge < -0.3 is 5.32 Å². The molecule has 0 spiro atoms. The fourth-order valence-corrected chi connectivity index (χ4v) is 2.84.